The van der Waals surface area contributed by atoms with E-state index in [0.717, 1.165) is 5.56 Å². The van der Waals surface area contributed by atoms with Gasteiger partial charge in [-0.2, -0.15) is 0 Å². The number of anilines is 2. The van der Waals surface area contributed by atoms with Crippen molar-refractivity contribution in [3.8, 4) is 11.3 Å². The van der Waals surface area contributed by atoms with Gasteiger partial charge in [0.2, 0.25) is 0 Å². The zero-order chi connectivity index (χ0) is 22.0. The van der Waals surface area contributed by atoms with Crippen molar-refractivity contribution in [2.24, 2.45) is 0 Å². The third-order valence-electron chi connectivity index (χ3n) is 4.94. The first kappa shape index (κ1) is 21.6. The number of carbonyl (C=O) groups excluding carboxylic acids is 1. The summed E-state index contributed by atoms with van der Waals surface area (Å²) in [6.07, 6.45) is 0. The average Bonchev–Trinajstić information content (AvgIpc) is 2.77. The monoisotopic (exact) mass is 479 g/mol. The number of urea groups is 1. The Kier molecular flexibility index (Phi) is 6.46. The number of hydrogen-bond acceptors (Lipinski definition) is 4. The number of nitrogens with one attached hydrogen (secondary N) is 1. The Bertz CT molecular complexity index is 1080. The molecule has 1 saturated heterocycles. The molecule has 0 saturated carbocycles. The highest BCUT2D eigenvalue weighted by Crippen LogP contribution is 2.29. The van der Waals surface area contributed by atoms with Crippen molar-refractivity contribution in [2.45, 2.75) is 0 Å². The number of benzene rings is 2. The number of nitrogens with zero attached hydrogens (tertiary/aromatic N) is 4. The molecule has 0 aliphatic carbocycles. The van der Waals surface area contributed by atoms with Crippen LogP contribution in [0.3, 0.4) is 0 Å². The largest absolute Gasteiger partial charge is 0.352 e. The molecule has 31 heavy (non-hydrogen) atoms. The number of piperazine rings is 1. The van der Waals surface area contributed by atoms with Gasteiger partial charge in [0.05, 0.1) is 21.4 Å². The highest BCUT2D eigenvalue weighted by molar-refractivity contribution is 6.36. The van der Waals surface area contributed by atoms with Crippen LogP contribution in [0.4, 0.5) is 20.7 Å². The lowest BCUT2D eigenvalue weighted by Crippen LogP contribution is -2.50. The molecular formula is C21H17Cl3FN5O. The number of rotatable bonds is 3. The minimum atomic E-state index is -0.573. The first-order valence-electron chi connectivity index (χ1n) is 9.46. The van der Waals surface area contributed by atoms with Crippen molar-refractivity contribution in [1.29, 1.82) is 0 Å². The molecule has 0 spiro atoms. The molecule has 0 radical (unpaired) electrons. The highest BCUT2D eigenvalue weighted by atomic mass is 35.5. The van der Waals surface area contributed by atoms with Crippen LogP contribution in [-0.4, -0.2) is 47.3 Å². The van der Waals surface area contributed by atoms with Crippen LogP contribution in [0.1, 0.15) is 0 Å². The topological polar surface area (TPSA) is 61.4 Å². The second-order valence-electron chi connectivity index (χ2n) is 6.90. The Morgan fingerprint density at radius 2 is 1.71 bits per heavy atom. The summed E-state index contributed by atoms with van der Waals surface area (Å²) in [5.41, 5.74) is 1.38. The third kappa shape index (κ3) is 4.84. The van der Waals surface area contributed by atoms with Crippen molar-refractivity contribution in [3.05, 3.63) is 69.4 Å². The Morgan fingerprint density at radius 3 is 2.35 bits per heavy atom. The molecule has 10 heteroatoms. The van der Waals surface area contributed by atoms with Gasteiger partial charge in [-0.1, -0.05) is 40.9 Å². The Labute approximate surface area is 193 Å². The quantitative estimate of drug-likeness (QED) is 0.530. The Balaban J connectivity index is 1.38. The number of carbonyl (C=O) groups is 1. The van der Waals surface area contributed by atoms with E-state index in [9.17, 15) is 9.18 Å². The summed E-state index contributed by atoms with van der Waals surface area (Å²) in [7, 11) is 0. The Hall–Kier alpha value is -2.61. The molecule has 3 aromatic rings. The average molecular weight is 481 g/mol. The molecule has 2 heterocycles. The number of aromatic nitrogens is 2. The number of halogens is 4. The standard InChI is InChI=1S/C21H17Cl3FN5O/c22-13-4-5-14(16(24)12-13)18-6-7-19(28-27-18)29-8-10-30(11-9-29)21(31)26-20-15(23)2-1-3-17(20)25/h1-7,12H,8-11H2,(H,26,31). The minimum Gasteiger partial charge on any atom is -0.352 e. The first-order chi connectivity index (χ1) is 14.9. The van der Waals surface area contributed by atoms with Crippen LogP contribution < -0.4 is 10.2 Å². The number of hydrogen-bond donors (Lipinski definition) is 1. The van der Waals surface area contributed by atoms with Gasteiger partial charge in [0, 0.05) is 36.8 Å². The predicted octanol–water partition coefficient (Wildman–Crippen LogP) is 5.60. The molecule has 0 atom stereocenters. The van der Waals surface area contributed by atoms with E-state index in [2.05, 4.69) is 15.5 Å². The second-order valence-corrected chi connectivity index (χ2v) is 8.15. The molecule has 2 amide bonds. The smallest absolute Gasteiger partial charge is 0.322 e. The van der Waals surface area contributed by atoms with E-state index < -0.39 is 11.8 Å². The van der Waals surface area contributed by atoms with E-state index in [-0.39, 0.29) is 10.7 Å². The van der Waals surface area contributed by atoms with E-state index in [1.807, 2.05) is 17.0 Å². The zero-order valence-electron chi connectivity index (χ0n) is 16.2. The van der Waals surface area contributed by atoms with E-state index in [1.165, 1.54) is 18.2 Å². The second kappa shape index (κ2) is 9.26. The van der Waals surface area contributed by atoms with Crippen LogP contribution in [0.15, 0.2) is 48.5 Å². The van der Waals surface area contributed by atoms with Crippen LogP contribution in [0.5, 0.6) is 0 Å². The lowest BCUT2D eigenvalue weighted by molar-refractivity contribution is 0.208. The maximum absolute atomic E-state index is 13.9. The van der Waals surface area contributed by atoms with Gasteiger partial charge in [-0.05, 0) is 42.5 Å². The number of amides is 2. The molecule has 0 unspecified atom stereocenters. The van der Waals surface area contributed by atoms with Gasteiger partial charge in [0.25, 0.3) is 0 Å². The normalized spacial score (nSPS) is 13.9. The van der Waals surface area contributed by atoms with Gasteiger partial charge >= 0.3 is 6.03 Å². The number of para-hydroxylation sites is 1. The molecule has 1 aromatic heterocycles. The van der Waals surface area contributed by atoms with Crippen molar-refractivity contribution in [3.63, 3.8) is 0 Å². The predicted molar refractivity (Wildman–Crippen MR) is 122 cm³/mol. The van der Waals surface area contributed by atoms with Crippen molar-refractivity contribution >= 4 is 52.3 Å². The lowest BCUT2D eigenvalue weighted by atomic mass is 10.1. The van der Waals surface area contributed by atoms with Gasteiger partial charge in [0.1, 0.15) is 5.82 Å². The van der Waals surface area contributed by atoms with Gasteiger partial charge in [0.15, 0.2) is 5.82 Å². The summed E-state index contributed by atoms with van der Waals surface area (Å²) >= 11 is 18.2. The van der Waals surface area contributed by atoms with Crippen LogP contribution >= 0.6 is 34.8 Å². The molecule has 1 fully saturated rings. The van der Waals surface area contributed by atoms with E-state index in [4.69, 9.17) is 34.8 Å². The van der Waals surface area contributed by atoms with Gasteiger partial charge in [-0.15, -0.1) is 10.2 Å². The third-order valence-corrected chi connectivity index (χ3v) is 5.81. The van der Waals surface area contributed by atoms with Crippen molar-refractivity contribution in [1.82, 2.24) is 15.1 Å². The van der Waals surface area contributed by atoms with Crippen LogP contribution in [-0.2, 0) is 0 Å². The molecule has 1 aliphatic heterocycles. The minimum absolute atomic E-state index is 0.0149. The summed E-state index contributed by atoms with van der Waals surface area (Å²) in [5.74, 6) is 0.127. The van der Waals surface area contributed by atoms with Crippen LogP contribution in [0.25, 0.3) is 11.3 Å². The zero-order valence-corrected chi connectivity index (χ0v) is 18.4. The van der Waals surface area contributed by atoms with Gasteiger partial charge in [-0.25, -0.2) is 9.18 Å². The fourth-order valence-corrected chi connectivity index (χ4v) is 3.99. The van der Waals surface area contributed by atoms with Crippen molar-refractivity contribution < 1.29 is 9.18 Å². The van der Waals surface area contributed by atoms with E-state index >= 15 is 0 Å². The van der Waals surface area contributed by atoms with E-state index in [0.29, 0.717) is 47.7 Å². The van der Waals surface area contributed by atoms with Gasteiger partial charge in [-0.3, -0.25) is 0 Å². The molecule has 160 valence electrons. The lowest BCUT2D eigenvalue weighted by Gasteiger charge is -2.35. The van der Waals surface area contributed by atoms with E-state index in [1.54, 1.807) is 23.1 Å². The Morgan fingerprint density at radius 1 is 0.935 bits per heavy atom. The fraction of sp³-hybridized carbons (Fsp3) is 0.190. The summed E-state index contributed by atoms with van der Waals surface area (Å²) in [4.78, 5) is 16.1. The first-order valence-corrected chi connectivity index (χ1v) is 10.6. The van der Waals surface area contributed by atoms with Gasteiger partial charge < -0.3 is 15.1 Å². The van der Waals surface area contributed by atoms with Crippen LogP contribution in [0, 0.1) is 5.82 Å². The fourth-order valence-electron chi connectivity index (χ4n) is 3.28. The molecule has 2 aromatic carbocycles. The summed E-state index contributed by atoms with van der Waals surface area (Å²) in [6.45, 7) is 2.02. The molecule has 1 aliphatic rings. The maximum Gasteiger partial charge on any atom is 0.322 e. The molecular weight excluding hydrogens is 464 g/mol. The van der Waals surface area contributed by atoms with Crippen molar-refractivity contribution in [2.75, 3.05) is 36.4 Å². The SMILES string of the molecule is O=C(Nc1c(F)cccc1Cl)N1CCN(c2ccc(-c3ccc(Cl)cc3Cl)nn2)CC1. The molecule has 4 rings (SSSR count). The maximum atomic E-state index is 13.9. The summed E-state index contributed by atoms with van der Waals surface area (Å²) < 4.78 is 13.9. The molecule has 6 nitrogen and oxygen atoms in total. The molecule has 0 bridgehead atoms. The highest BCUT2D eigenvalue weighted by Gasteiger charge is 2.23. The molecule has 1 N–H and O–H groups in total. The van der Waals surface area contributed by atoms with Crippen LogP contribution in [0.2, 0.25) is 15.1 Å². The summed E-state index contributed by atoms with van der Waals surface area (Å²) in [5, 5.41) is 12.3. The summed E-state index contributed by atoms with van der Waals surface area (Å²) in [6, 6.07) is 12.8.